The van der Waals surface area contributed by atoms with Gasteiger partial charge in [0.1, 0.15) is 0 Å². The lowest BCUT2D eigenvalue weighted by molar-refractivity contribution is -0.141. The van der Waals surface area contributed by atoms with Gasteiger partial charge in [0.25, 0.3) is 0 Å². The van der Waals surface area contributed by atoms with Crippen LogP contribution in [0.5, 0.6) is 0 Å². The first-order chi connectivity index (χ1) is 9.46. The Hall–Kier alpha value is -0.230. The van der Waals surface area contributed by atoms with Crippen molar-refractivity contribution in [2.24, 2.45) is 11.1 Å². The van der Waals surface area contributed by atoms with Gasteiger partial charge in [-0.25, -0.2) is 0 Å². The predicted molar refractivity (Wildman–Crippen MR) is 86.5 cm³/mol. The monoisotopic (exact) mass is 333 g/mol. The number of hydrogen-bond donors (Lipinski definition) is 1. The topological polar surface area (TPSA) is 52.3 Å². The van der Waals surface area contributed by atoms with Crippen LogP contribution in [0.25, 0.3) is 0 Å². The zero-order valence-corrected chi connectivity index (χ0v) is 14.1. The molecule has 0 aliphatic heterocycles. The summed E-state index contributed by atoms with van der Waals surface area (Å²) in [6.45, 7) is 2.02. The quantitative estimate of drug-likeness (QED) is 0.770. The summed E-state index contributed by atoms with van der Waals surface area (Å²) < 4.78 is 5.57. The molecule has 1 heterocycles. The molecule has 1 aliphatic carbocycles. The van der Waals surface area contributed by atoms with Crippen molar-refractivity contribution in [2.75, 3.05) is 12.9 Å². The number of thiophene rings is 1. The van der Waals surface area contributed by atoms with Crippen LogP contribution in [0, 0.1) is 5.41 Å². The van der Waals surface area contributed by atoms with Crippen LogP contribution in [0.1, 0.15) is 36.3 Å². The summed E-state index contributed by atoms with van der Waals surface area (Å²) in [7, 11) is 1.45. The van der Waals surface area contributed by atoms with E-state index < -0.39 is 0 Å². The molecule has 0 bridgehead atoms. The maximum Gasteiger partial charge on any atom is 0.306 e. The number of carbonyl (C=O) groups is 1. The molecule has 2 N–H and O–H groups in total. The fourth-order valence-corrected chi connectivity index (χ4v) is 5.15. The predicted octanol–water partition coefficient (Wildman–Crippen LogP) is 3.87. The summed E-state index contributed by atoms with van der Waals surface area (Å²) in [5.41, 5.74) is 6.24. The van der Waals surface area contributed by atoms with Gasteiger partial charge in [0, 0.05) is 16.7 Å². The van der Waals surface area contributed by atoms with Crippen molar-refractivity contribution in [3.63, 3.8) is 0 Å². The van der Waals surface area contributed by atoms with Gasteiger partial charge >= 0.3 is 5.97 Å². The van der Waals surface area contributed by atoms with Gasteiger partial charge in [-0.05, 0) is 37.3 Å². The maximum atomic E-state index is 11.4. The second kappa shape index (κ2) is 6.69. The van der Waals surface area contributed by atoms with Crippen LogP contribution in [0.15, 0.2) is 12.1 Å². The van der Waals surface area contributed by atoms with Gasteiger partial charge in [-0.2, -0.15) is 11.8 Å². The zero-order valence-electron chi connectivity index (χ0n) is 11.7. The van der Waals surface area contributed by atoms with Crippen LogP contribution >= 0.6 is 34.7 Å². The number of methoxy groups -OCH3 is 1. The van der Waals surface area contributed by atoms with E-state index in [0.29, 0.717) is 6.42 Å². The van der Waals surface area contributed by atoms with Crippen LogP contribution in [-0.4, -0.2) is 24.9 Å². The highest BCUT2D eigenvalue weighted by atomic mass is 35.5. The molecule has 1 aromatic heterocycles. The molecule has 3 nitrogen and oxygen atoms in total. The Morgan fingerprint density at radius 3 is 2.75 bits per heavy atom. The minimum atomic E-state index is -0.111. The molecule has 1 aromatic rings. The first-order valence-corrected chi connectivity index (χ1v) is 8.89. The van der Waals surface area contributed by atoms with Crippen molar-refractivity contribution >= 4 is 40.7 Å². The van der Waals surface area contributed by atoms with Crippen LogP contribution in [0.4, 0.5) is 0 Å². The number of carbonyl (C=O) groups excluding carboxylic acids is 1. The van der Waals surface area contributed by atoms with Crippen molar-refractivity contribution in [3.8, 4) is 0 Å². The number of ether oxygens (including phenoxy) is 1. The summed E-state index contributed by atoms with van der Waals surface area (Å²) in [6, 6.07) is 4.02. The first kappa shape index (κ1) is 16.1. The summed E-state index contributed by atoms with van der Waals surface area (Å²) in [5, 5.41) is 0.239. The van der Waals surface area contributed by atoms with Gasteiger partial charge in [-0.1, -0.05) is 11.6 Å². The molecular formula is C14H20ClNO2S2. The van der Waals surface area contributed by atoms with E-state index in [4.69, 9.17) is 22.1 Å². The molecule has 2 atom stereocenters. The second-order valence-electron chi connectivity index (χ2n) is 5.49. The van der Waals surface area contributed by atoms with Crippen LogP contribution in [-0.2, 0) is 9.53 Å². The number of nitrogens with two attached hydrogens (primary N) is 1. The van der Waals surface area contributed by atoms with Crippen LogP contribution < -0.4 is 5.73 Å². The van der Waals surface area contributed by atoms with E-state index in [1.54, 1.807) is 11.3 Å². The van der Waals surface area contributed by atoms with Crippen LogP contribution in [0.3, 0.4) is 0 Å². The summed E-state index contributed by atoms with van der Waals surface area (Å²) in [4.78, 5) is 12.7. The standard InChI is InChI=1S/C14H20ClNO2S2/c1-9(16)13(10-3-4-11(15)20-10)19-8-14(5-6-14)7-12(17)18-2/h3-4,9,13H,5-8,16H2,1-2H3. The lowest BCUT2D eigenvalue weighted by Crippen LogP contribution is -2.23. The number of halogens is 1. The van der Waals surface area contributed by atoms with E-state index in [2.05, 4.69) is 0 Å². The fraction of sp³-hybridized carbons (Fsp3) is 0.643. The number of esters is 1. The van der Waals surface area contributed by atoms with E-state index in [9.17, 15) is 4.79 Å². The van der Waals surface area contributed by atoms with Crippen molar-refractivity contribution in [1.82, 2.24) is 0 Å². The molecule has 112 valence electrons. The Labute approximate surface area is 133 Å². The normalized spacial score (nSPS) is 19.4. The van der Waals surface area contributed by atoms with Crippen molar-refractivity contribution < 1.29 is 9.53 Å². The Morgan fingerprint density at radius 1 is 1.60 bits per heavy atom. The summed E-state index contributed by atoms with van der Waals surface area (Å²) in [6.07, 6.45) is 2.73. The second-order valence-corrected chi connectivity index (χ2v) is 8.36. The molecule has 0 amide bonds. The Morgan fingerprint density at radius 2 is 2.30 bits per heavy atom. The van der Waals surface area contributed by atoms with Crippen molar-refractivity contribution in [2.45, 2.75) is 37.5 Å². The number of thioether (sulfide) groups is 1. The molecular weight excluding hydrogens is 314 g/mol. The fourth-order valence-electron chi connectivity index (χ4n) is 2.17. The number of rotatable bonds is 7. The Kier molecular flexibility index (Phi) is 5.40. The average molecular weight is 334 g/mol. The van der Waals surface area contributed by atoms with E-state index in [1.807, 2.05) is 30.8 Å². The van der Waals surface area contributed by atoms with E-state index in [1.165, 1.54) is 12.0 Å². The Bertz CT molecular complexity index is 471. The summed E-state index contributed by atoms with van der Waals surface area (Å²) in [5.74, 6) is 0.837. The highest BCUT2D eigenvalue weighted by Gasteiger charge is 2.45. The van der Waals surface area contributed by atoms with Crippen LogP contribution in [0.2, 0.25) is 4.34 Å². The molecule has 2 unspecified atom stereocenters. The van der Waals surface area contributed by atoms with Gasteiger partial charge in [-0.15, -0.1) is 11.3 Å². The molecule has 0 aromatic carbocycles. The highest BCUT2D eigenvalue weighted by molar-refractivity contribution is 7.99. The van der Waals surface area contributed by atoms with Crippen molar-refractivity contribution in [3.05, 3.63) is 21.3 Å². The molecule has 0 spiro atoms. The minimum absolute atomic E-state index is 0.0589. The third kappa shape index (κ3) is 4.13. The van der Waals surface area contributed by atoms with Gasteiger partial charge in [0.2, 0.25) is 0 Å². The highest BCUT2D eigenvalue weighted by Crippen LogP contribution is 2.53. The minimum Gasteiger partial charge on any atom is -0.469 e. The molecule has 20 heavy (non-hydrogen) atoms. The van der Waals surface area contributed by atoms with Gasteiger partial charge in [-0.3, -0.25) is 4.79 Å². The smallest absolute Gasteiger partial charge is 0.306 e. The Balaban J connectivity index is 1.95. The first-order valence-electron chi connectivity index (χ1n) is 6.65. The largest absolute Gasteiger partial charge is 0.469 e. The third-order valence-electron chi connectivity index (χ3n) is 3.63. The molecule has 1 aliphatic rings. The molecule has 1 saturated carbocycles. The van der Waals surface area contributed by atoms with Crippen molar-refractivity contribution in [1.29, 1.82) is 0 Å². The van der Waals surface area contributed by atoms with Gasteiger partial charge in [0.05, 0.1) is 23.1 Å². The van der Waals surface area contributed by atoms with E-state index in [0.717, 1.165) is 22.9 Å². The van der Waals surface area contributed by atoms with Gasteiger partial charge in [0.15, 0.2) is 0 Å². The molecule has 6 heteroatoms. The molecule has 0 radical (unpaired) electrons. The lowest BCUT2D eigenvalue weighted by Gasteiger charge is -2.22. The number of hydrogen-bond acceptors (Lipinski definition) is 5. The third-order valence-corrected chi connectivity index (χ3v) is 6.91. The van der Waals surface area contributed by atoms with Gasteiger partial charge < -0.3 is 10.5 Å². The van der Waals surface area contributed by atoms with E-state index >= 15 is 0 Å². The molecule has 2 rings (SSSR count). The van der Waals surface area contributed by atoms with E-state index in [-0.39, 0.29) is 22.7 Å². The zero-order chi connectivity index (χ0) is 14.8. The molecule has 0 saturated heterocycles. The lowest BCUT2D eigenvalue weighted by atomic mass is 10.1. The molecule has 1 fully saturated rings. The average Bonchev–Trinajstić information content (AvgIpc) is 3.02. The maximum absolute atomic E-state index is 11.4. The summed E-state index contributed by atoms with van der Waals surface area (Å²) >= 11 is 9.43. The SMILES string of the molecule is COC(=O)CC1(CSC(c2ccc(Cl)s2)C(C)N)CC1.